The molecule has 0 aromatic carbocycles. The van der Waals surface area contributed by atoms with Crippen LogP contribution in [0.5, 0.6) is 0 Å². The van der Waals surface area contributed by atoms with Gasteiger partial charge in [0.05, 0.1) is 0 Å². The molecule has 1 aliphatic rings. The zero-order valence-corrected chi connectivity index (χ0v) is 8.82. The van der Waals surface area contributed by atoms with E-state index in [2.05, 4.69) is 19.9 Å². The molecule has 0 saturated carbocycles. The summed E-state index contributed by atoms with van der Waals surface area (Å²) in [6.45, 7) is 4.47. The lowest BCUT2D eigenvalue weighted by molar-refractivity contribution is 0.00496. The molecule has 3 N–H and O–H groups in total. The average molecular weight is 197 g/mol. The van der Waals surface area contributed by atoms with Crippen molar-refractivity contribution in [2.24, 2.45) is 11.7 Å². The van der Waals surface area contributed by atoms with Gasteiger partial charge < -0.3 is 10.8 Å². The zero-order chi connectivity index (χ0) is 9.64. The van der Waals surface area contributed by atoms with E-state index in [0.717, 1.165) is 12.0 Å². The SMILES string of the molecule is Cc1cc2c(s1)CC(C)C2(O)CN. The van der Waals surface area contributed by atoms with Gasteiger partial charge in [0.15, 0.2) is 0 Å². The smallest absolute Gasteiger partial charge is 0.106 e. The first kappa shape index (κ1) is 9.19. The van der Waals surface area contributed by atoms with Crippen molar-refractivity contribution in [1.29, 1.82) is 0 Å². The Kier molecular flexibility index (Phi) is 1.98. The molecule has 1 aromatic rings. The minimum absolute atomic E-state index is 0.263. The molecule has 0 radical (unpaired) electrons. The molecular formula is C10H15NOS. The maximum atomic E-state index is 10.3. The van der Waals surface area contributed by atoms with Crippen molar-refractivity contribution in [1.82, 2.24) is 0 Å². The summed E-state index contributed by atoms with van der Waals surface area (Å²) in [5.41, 5.74) is 5.95. The molecule has 0 fully saturated rings. The molecule has 0 spiro atoms. The highest BCUT2D eigenvalue weighted by Gasteiger charge is 2.42. The van der Waals surface area contributed by atoms with Gasteiger partial charge in [0.25, 0.3) is 0 Å². The molecular weight excluding hydrogens is 182 g/mol. The van der Waals surface area contributed by atoms with E-state index in [1.165, 1.54) is 9.75 Å². The van der Waals surface area contributed by atoms with Crippen LogP contribution in [0, 0.1) is 12.8 Å². The van der Waals surface area contributed by atoms with Crippen LogP contribution in [-0.2, 0) is 12.0 Å². The summed E-state index contributed by atoms with van der Waals surface area (Å²) in [6, 6.07) is 2.08. The van der Waals surface area contributed by atoms with Crippen molar-refractivity contribution in [3.8, 4) is 0 Å². The first-order chi connectivity index (χ1) is 6.08. The standard InChI is InChI=1S/C10H15NOS/c1-6-3-9-8(4-7(2)13-9)10(6,12)5-11/h4,6,12H,3,5,11H2,1-2H3. The number of thiophene rings is 1. The van der Waals surface area contributed by atoms with Gasteiger partial charge in [0, 0.05) is 16.3 Å². The molecule has 13 heavy (non-hydrogen) atoms. The van der Waals surface area contributed by atoms with E-state index in [-0.39, 0.29) is 5.92 Å². The molecule has 3 heteroatoms. The number of aliphatic hydroxyl groups is 1. The highest BCUT2D eigenvalue weighted by atomic mass is 32.1. The highest BCUT2D eigenvalue weighted by Crippen LogP contribution is 2.44. The van der Waals surface area contributed by atoms with Crippen LogP contribution in [0.2, 0.25) is 0 Å². The zero-order valence-electron chi connectivity index (χ0n) is 8.00. The molecule has 2 rings (SSSR count). The van der Waals surface area contributed by atoms with Gasteiger partial charge in [-0.05, 0) is 30.9 Å². The summed E-state index contributed by atoms with van der Waals surface area (Å²) in [6.07, 6.45) is 0.974. The Morgan fingerprint density at radius 2 is 2.46 bits per heavy atom. The topological polar surface area (TPSA) is 46.2 Å². The molecule has 0 amide bonds. The minimum atomic E-state index is -0.764. The van der Waals surface area contributed by atoms with Crippen LogP contribution in [0.1, 0.15) is 22.2 Å². The van der Waals surface area contributed by atoms with E-state index in [9.17, 15) is 5.11 Å². The average Bonchev–Trinajstić information content (AvgIpc) is 2.53. The van der Waals surface area contributed by atoms with Gasteiger partial charge in [-0.3, -0.25) is 0 Å². The monoisotopic (exact) mass is 197 g/mol. The van der Waals surface area contributed by atoms with Gasteiger partial charge in [-0.25, -0.2) is 0 Å². The second-order valence-electron chi connectivity index (χ2n) is 3.93. The summed E-state index contributed by atoms with van der Waals surface area (Å²) in [4.78, 5) is 2.58. The van der Waals surface area contributed by atoms with Crippen LogP contribution in [0.3, 0.4) is 0 Å². The van der Waals surface area contributed by atoms with E-state index in [1.807, 2.05) is 0 Å². The van der Waals surface area contributed by atoms with E-state index >= 15 is 0 Å². The van der Waals surface area contributed by atoms with E-state index in [1.54, 1.807) is 11.3 Å². The molecule has 72 valence electrons. The second-order valence-corrected chi connectivity index (χ2v) is 5.27. The number of hydrogen-bond acceptors (Lipinski definition) is 3. The number of aryl methyl sites for hydroxylation is 1. The highest BCUT2D eigenvalue weighted by molar-refractivity contribution is 7.12. The summed E-state index contributed by atoms with van der Waals surface area (Å²) in [5, 5.41) is 10.3. The van der Waals surface area contributed by atoms with Crippen LogP contribution in [0.4, 0.5) is 0 Å². The molecule has 0 saturated heterocycles. The predicted octanol–water partition coefficient (Wildman–Crippen LogP) is 1.40. The third-order valence-electron chi connectivity index (χ3n) is 3.02. The molecule has 0 aliphatic heterocycles. The number of fused-ring (bicyclic) bond motifs is 1. The van der Waals surface area contributed by atoms with Crippen LogP contribution < -0.4 is 5.73 Å². The molecule has 2 atom stereocenters. The normalized spacial score (nSPS) is 32.2. The Balaban J connectivity index is 2.50. The lowest BCUT2D eigenvalue weighted by Crippen LogP contribution is -2.37. The molecule has 2 nitrogen and oxygen atoms in total. The fraction of sp³-hybridized carbons (Fsp3) is 0.600. The van der Waals surface area contributed by atoms with Gasteiger partial charge in [-0.2, -0.15) is 0 Å². The van der Waals surface area contributed by atoms with E-state index in [4.69, 9.17) is 5.73 Å². The first-order valence-electron chi connectivity index (χ1n) is 4.60. The predicted molar refractivity (Wildman–Crippen MR) is 54.9 cm³/mol. The Morgan fingerprint density at radius 3 is 3.08 bits per heavy atom. The van der Waals surface area contributed by atoms with Crippen molar-refractivity contribution < 1.29 is 5.11 Å². The maximum absolute atomic E-state index is 10.3. The number of rotatable bonds is 1. The van der Waals surface area contributed by atoms with Gasteiger partial charge in [0.1, 0.15) is 5.60 Å². The third-order valence-corrected chi connectivity index (χ3v) is 4.09. The Labute approximate surface area is 82.4 Å². The van der Waals surface area contributed by atoms with Crippen molar-refractivity contribution in [2.75, 3.05) is 6.54 Å². The number of nitrogens with two attached hydrogens (primary N) is 1. The van der Waals surface area contributed by atoms with Crippen molar-refractivity contribution >= 4 is 11.3 Å². The molecule has 1 aromatic heterocycles. The second kappa shape index (κ2) is 2.80. The van der Waals surface area contributed by atoms with Gasteiger partial charge in [-0.1, -0.05) is 6.92 Å². The van der Waals surface area contributed by atoms with Gasteiger partial charge in [0.2, 0.25) is 0 Å². The van der Waals surface area contributed by atoms with E-state index in [0.29, 0.717) is 6.54 Å². The van der Waals surface area contributed by atoms with Crippen LogP contribution in [0.15, 0.2) is 6.07 Å². The Hall–Kier alpha value is -0.380. The third kappa shape index (κ3) is 1.15. The van der Waals surface area contributed by atoms with Crippen molar-refractivity contribution in [3.63, 3.8) is 0 Å². The molecule has 1 heterocycles. The molecule has 1 aliphatic carbocycles. The summed E-state index contributed by atoms with van der Waals surface area (Å²) in [5.74, 6) is 0.263. The maximum Gasteiger partial charge on any atom is 0.106 e. The van der Waals surface area contributed by atoms with Crippen LogP contribution >= 0.6 is 11.3 Å². The van der Waals surface area contributed by atoms with Crippen molar-refractivity contribution in [3.05, 3.63) is 21.4 Å². The minimum Gasteiger partial charge on any atom is -0.384 e. The lowest BCUT2D eigenvalue weighted by atomic mass is 9.89. The van der Waals surface area contributed by atoms with Gasteiger partial charge in [-0.15, -0.1) is 11.3 Å². The fourth-order valence-corrected chi connectivity index (χ4v) is 3.35. The number of hydrogen-bond donors (Lipinski definition) is 2. The Bertz CT molecular complexity index is 334. The largest absolute Gasteiger partial charge is 0.384 e. The fourth-order valence-electron chi connectivity index (χ4n) is 2.10. The van der Waals surface area contributed by atoms with Crippen LogP contribution in [-0.4, -0.2) is 11.7 Å². The molecule has 0 bridgehead atoms. The first-order valence-corrected chi connectivity index (χ1v) is 5.42. The van der Waals surface area contributed by atoms with Gasteiger partial charge >= 0.3 is 0 Å². The summed E-state index contributed by atoms with van der Waals surface area (Å²) >= 11 is 1.78. The Morgan fingerprint density at radius 1 is 1.77 bits per heavy atom. The van der Waals surface area contributed by atoms with Crippen molar-refractivity contribution in [2.45, 2.75) is 25.9 Å². The van der Waals surface area contributed by atoms with Crippen LogP contribution in [0.25, 0.3) is 0 Å². The summed E-state index contributed by atoms with van der Waals surface area (Å²) < 4.78 is 0. The summed E-state index contributed by atoms with van der Waals surface area (Å²) in [7, 11) is 0. The lowest BCUT2D eigenvalue weighted by Gasteiger charge is -2.26. The quantitative estimate of drug-likeness (QED) is 0.714. The van der Waals surface area contributed by atoms with E-state index < -0.39 is 5.60 Å². The molecule has 2 unspecified atom stereocenters.